The second kappa shape index (κ2) is 5.63. The molecule has 0 amide bonds. The largest absolute Gasteiger partial charge is 0.337 e. The molecule has 0 fully saturated rings. The third-order valence-electron chi connectivity index (χ3n) is 2.85. The lowest BCUT2D eigenvalue weighted by atomic mass is 10.2. The van der Waals surface area contributed by atoms with E-state index in [2.05, 4.69) is 26.2 Å². The summed E-state index contributed by atoms with van der Waals surface area (Å²) in [5, 5.41) is 3.33. The molecule has 0 aliphatic carbocycles. The molecule has 2 rings (SSSR count). The van der Waals surface area contributed by atoms with E-state index in [-0.39, 0.29) is 11.9 Å². The van der Waals surface area contributed by atoms with Crippen LogP contribution in [-0.4, -0.2) is 9.55 Å². The molecule has 0 aliphatic rings. The van der Waals surface area contributed by atoms with E-state index in [4.69, 9.17) is 0 Å². The van der Waals surface area contributed by atoms with E-state index in [1.54, 1.807) is 12.3 Å². The van der Waals surface area contributed by atoms with Crippen LogP contribution in [0.4, 0.5) is 4.39 Å². The van der Waals surface area contributed by atoms with Gasteiger partial charge in [-0.3, -0.25) is 0 Å². The molecular weight excluding hydrogens is 297 g/mol. The van der Waals surface area contributed by atoms with Crippen molar-refractivity contribution < 1.29 is 4.39 Å². The molecule has 0 bridgehead atoms. The summed E-state index contributed by atoms with van der Waals surface area (Å²) >= 11 is 3.42. The number of rotatable bonds is 4. The quantitative estimate of drug-likeness (QED) is 0.940. The second-order valence-corrected chi connectivity index (χ2v) is 5.09. The minimum Gasteiger partial charge on any atom is -0.337 e. The highest BCUT2D eigenvalue weighted by molar-refractivity contribution is 9.10. The maximum Gasteiger partial charge on any atom is 0.125 e. The third-order valence-corrected chi connectivity index (χ3v) is 3.63. The normalized spacial score (nSPS) is 12.7. The Hall–Kier alpha value is -1.20. The van der Waals surface area contributed by atoms with Crippen molar-refractivity contribution in [3.05, 3.63) is 52.3 Å². The Kier molecular flexibility index (Phi) is 4.14. The Morgan fingerprint density at radius 2 is 2.28 bits per heavy atom. The van der Waals surface area contributed by atoms with E-state index in [1.165, 1.54) is 12.1 Å². The number of hydrogen-bond donors (Lipinski definition) is 1. The Balaban J connectivity index is 2.03. The molecule has 1 atom stereocenters. The molecule has 0 saturated heterocycles. The van der Waals surface area contributed by atoms with E-state index in [0.717, 1.165) is 15.9 Å². The van der Waals surface area contributed by atoms with Gasteiger partial charge in [0.05, 0.1) is 6.04 Å². The van der Waals surface area contributed by atoms with Gasteiger partial charge < -0.3 is 9.88 Å². The topological polar surface area (TPSA) is 29.9 Å². The van der Waals surface area contributed by atoms with Crippen LogP contribution in [0, 0.1) is 5.82 Å². The van der Waals surface area contributed by atoms with Gasteiger partial charge in [0.25, 0.3) is 0 Å². The van der Waals surface area contributed by atoms with Crippen LogP contribution in [0.3, 0.4) is 0 Å². The lowest BCUT2D eigenvalue weighted by molar-refractivity contribution is 0.527. The number of aryl methyl sites for hydroxylation is 1. The van der Waals surface area contributed by atoms with Crippen molar-refractivity contribution in [1.29, 1.82) is 0 Å². The molecule has 1 aromatic heterocycles. The zero-order valence-corrected chi connectivity index (χ0v) is 11.9. The van der Waals surface area contributed by atoms with Crippen LogP contribution in [0.1, 0.15) is 24.4 Å². The number of hydrogen-bond acceptors (Lipinski definition) is 2. The molecule has 2 aromatic rings. The van der Waals surface area contributed by atoms with Crippen molar-refractivity contribution in [2.45, 2.75) is 19.5 Å². The lowest BCUT2D eigenvalue weighted by Crippen LogP contribution is -2.21. The molecular formula is C13H15BrFN3. The summed E-state index contributed by atoms with van der Waals surface area (Å²) in [5.41, 5.74) is 0.899. The Morgan fingerprint density at radius 1 is 1.50 bits per heavy atom. The van der Waals surface area contributed by atoms with E-state index in [9.17, 15) is 4.39 Å². The molecule has 3 nitrogen and oxygen atoms in total. The minimum atomic E-state index is -0.223. The number of halogens is 2. The zero-order valence-electron chi connectivity index (χ0n) is 10.3. The first-order valence-corrected chi connectivity index (χ1v) is 6.51. The number of nitrogens with zero attached hydrogens (tertiary/aromatic N) is 2. The van der Waals surface area contributed by atoms with Gasteiger partial charge in [-0.05, 0) is 30.7 Å². The van der Waals surface area contributed by atoms with Gasteiger partial charge in [0.2, 0.25) is 0 Å². The van der Waals surface area contributed by atoms with Gasteiger partial charge in [0.1, 0.15) is 11.6 Å². The monoisotopic (exact) mass is 311 g/mol. The first kappa shape index (κ1) is 13.2. The van der Waals surface area contributed by atoms with Crippen LogP contribution in [-0.2, 0) is 13.6 Å². The highest BCUT2D eigenvalue weighted by Crippen LogP contribution is 2.19. The van der Waals surface area contributed by atoms with Gasteiger partial charge in [0.15, 0.2) is 0 Å². The van der Waals surface area contributed by atoms with Gasteiger partial charge in [-0.25, -0.2) is 9.37 Å². The SMILES string of the molecule is CC(NCc1cc(F)ccc1Br)c1nccn1C. The molecule has 1 unspecified atom stereocenters. The summed E-state index contributed by atoms with van der Waals surface area (Å²) in [6.07, 6.45) is 3.68. The molecule has 1 aromatic carbocycles. The van der Waals surface area contributed by atoms with Gasteiger partial charge >= 0.3 is 0 Å². The summed E-state index contributed by atoms with van der Waals surface area (Å²) in [7, 11) is 1.96. The summed E-state index contributed by atoms with van der Waals surface area (Å²) in [6.45, 7) is 2.63. The smallest absolute Gasteiger partial charge is 0.125 e. The second-order valence-electron chi connectivity index (χ2n) is 4.23. The highest BCUT2D eigenvalue weighted by Gasteiger charge is 2.10. The van der Waals surface area contributed by atoms with Crippen LogP contribution in [0.2, 0.25) is 0 Å². The Morgan fingerprint density at radius 3 is 2.94 bits per heavy atom. The third kappa shape index (κ3) is 2.97. The zero-order chi connectivity index (χ0) is 13.1. The van der Waals surface area contributed by atoms with Crippen LogP contribution >= 0.6 is 15.9 Å². The predicted molar refractivity (Wildman–Crippen MR) is 72.6 cm³/mol. The maximum atomic E-state index is 13.1. The van der Waals surface area contributed by atoms with Crippen LogP contribution < -0.4 is 5.32 Å². The molecule has 0 radical (unpaired) electrons. The van der Waals surface area contributed by atoms with E-state index < -0.39 is 0 Å². The molecule has 0 aliphatic heterocycles. The molecule has 1 N–H and O–H groups in total. The summed E-state index contributed by atoms with van der Waals surface area (Å²) in [5.74, 6) is 0.738. The Labute approximate surface area is 114 Å². The summed E-state index contributed by atoms with van der Waals surface area (Å²) < 4.78 is 16.0. The highest BCUT2D eigenvalue weighted by atomic mass is 79.9. The van der Waals surface area contributed by atoms with Crippen LogP contribution in [0.15, 0.2) is 35.1 Å². The first-order valence-electron chi connectivity index (χ1n) is 5.72. The van der Waals surface area contributed by atoms with Gasteiger partial charge in [-0.15, -0.1) is 0 Å². The molecule has 5 heteroatoms. The minimum absolute atomic E-state index is 0.111. The number of nitrogens with one attached hydrogen (secondary N) is 1. The molecule has 0 spiro atoms. The molecule has 0 saturated carbocycles. The maximum absolute atomic E-state index is 13.1. The first-order chi connectivity index (χ1) is 8.58. The van der Waals surface area contributed by atoms with Gasteiger partial charge in [-0.1, -0.05) is 15.9 Å². The van der Waals surface area contributed by atoms with Crippen molar-refractivity contribution in [1.82, 2.24) is 14.9 Å². The van der Waals surface area contributed by atoms with E-state index >= 15 is 0 Å². The van der Waals surface area contributed by atoms with Crippen LogP contribution in [0.25, 0.3) is 0 Å². The molecule has 1 heterocycles. The van der Waals surface area contributed by atoms with Crippen molar-refractivity contribution in [2.75, 3.05) is 0 Å². The number of imidazole rings is 1. The van der Waals surface area contributed by atoms with Crippen molar-refractivity contribution >= 4 is 15.9 Å². The van der Waals surface area contributed by atoms with Crippen molar-refractivity contribution in [2.24, 2.45) is 7.05 Å². The van der Waals surface area contributed by atoms with E-state index in [0.29, 0.717) is 6.54 Å². The summed E-state index contributed by atoms with van der Waals surface area (Å²) in [6, 6.07) is 4.80. The molecule has 96 valence electrons. The standard InChI is InChI=1S/C13H15BrFN3/c1-9(13-16-5-6-18(13)2)17-8-10-7-11(15)3-4-12(10)14/h3-7,9,17H,8H2,1-2H3. The fraction of sp³-hybridized carbons (Fsp3) is 0.308. The fourth-order valence-electron chi connectivity index (χ4n) is 1.83. The average Bonchev–Trinajstić information content (AvgIpc) is 2.76. The number of aromatic nitrogens is 2. The lowest BCUT2D eigenvalue weighted by Gasteiger charge is -2.14. The van der Waals surface area contributed by atoms with Gasteiger partial charge in [0, 0.05) is 30.5 Å². The summed E-state index contributed by atoms with van der Waals surface area (Å²) in [4.78, 5) is 4.28. The van der Waals surface area contributed by atoms with Crippen molar-refractivity contribution in [3.63, 3.8) is 0 Å². The Bertz CT molecular complexity index is 539. The predicted octanol–water partition coefficient (Wildman–Crippen LogP) is 3.17. The van der Waals surface area contributed by atoms with Crippen LogP contribution in [0.5, 0.6) is 0 Å². The fourth-order valence-corrected chi connectivity index (χ4v) is 2.21. The van der Waals surface area contributed by atoms with Gasteiger partial charge in [-0.2, -0.15) is 0 Å². The van der Waals surface area contributed by atoms with E-state index in [1.807, 2.05) is 24.7 Å². The average molecular weight is 312 g/mol. The number of benzene rings is 1. The van der Waals surface area contributed by atoms with Crippen molar-refractivity contribution in [3.8, 4) is 0 Å². The molecule has 18 heavy (non-hydrogen) atoms.